The van der Waals surface area contributed by atoms with E-state index in [1.165, 1.54) is 0 Å². The van der Waals surface area contributed by atoms with Crippen molar-refractivity contribution in [1.82, 2.24) is 0 Å². The molecule has 42 heavy (non-hydrogen) atoms. The van der Waals surface area contributed by atoms with Crippen LogP contribution in [0.25, 0.3) is 67.4 Å². The fraction of sp³-hybridized carbons (Fsp3) is 0. The highest BCUT2D eigenvalue weighted by Crippen LogP contribution is 2.43. The molecule has 0 atom stereocenters. The van der Waals surface area contributed by atoms with Gasteiger partial charge in [0.1, 0.15) is 12.1 Å². The summed E-state index contributed by atoms with van der Waals surface area (Å²) in [5.41, 5.74) is 5.60. The molecule has 0 bridgehead atoms. The van der Waals surface area contributed by atoms with E-state index in [4.69, 9.17) is 0 Å². The van der Waals surface area contributed by atoms with E-state index in [1.54, 1.807) is 0 Å². The summed E-state index contributed by atoms with van der Waals surface area (Å²) in [5.74, 6) is 0. The van der Waals surface area contributed by atoms with Crippen LogP contribution in [-0.4, -0.2) is 0 Å². The number of fused-ring (bicyclic) bond motifs is 7. The van der Waals surface area contributed by atoms with Crippen molar-refractivity contribution in [2.75, 3.05) is 0 Å². The van der Waals surface area contributed by atoms with Crippen molar-refractivity contribution in [3.05, 3.63) is 155 Å². The number of nitriles is 2. The van der Waals surface area contributed by atoms with Crippen molar-refractivity contribution in [3.63, 3.8) is 0 Å². The predicted molar refractivity (Wildman–Crippen MR) is 177 cm³/mol. The highest BCUT2D eigenvalue weighted by molar-refractivity contribution is 6.31. The number of rotatable bonds is 4. The second kappa shape index (κ2) is 10.5. The molecule has 0 saturated heterocycles. The summed E-state index contributed by atoms with van der Waals surface area (Å²) < 4.78 is 0. The van der Waals surface area contributed by atoms with Crippen LogP contribution in [0.15, 0.2) is 121 Å². The molecule has 2 heteroatoms. The van der Waals surface area contributed by atoms with E-state index in [0.29, 0.717) is 11.1 Å². The van der Waals surface area contributed by atoms with Crippen molar-refractivity contribution in [3.8, 4) is 12.1 Å². The standard InChI is InChI=1S/C40H24N2/c41-25-37-31-13-7-8-14-32(31)38(26-42)40-34-22-20-30(18-16-28-11-5-2-6-12-28)24-36(34)35-23-29(19-21-33(35)39(37)40)17-15-27-9-3-1-4-10-27/h1-24H. The van der Waals surface area contributed by atoms with Crippen LogP contribution in [-0.2, 0) is 0 Å². The van der Waals surface area contributed by atoms with Crippen LogP contribution in [0.4, 0.5) is 0 Å². The fourth-order valence-electron chi connectivity index (χ4n) is 5.94. The van der Waals surface area contributed by atoms with Gasteiger partial charge in [-0.3, -0.25) is 0 Å². The molecule has 7 aromatic carbocycles. The molecule has 0 aliphatic rings. The average Bonchev–Trinajstić information content (AvgIpc) is 3.06. The van der Waals surface area contributed by atoms with Crippen LogP contribution in [0.5, 0.6) is 0 Å². The molecule has 0 N–H and O–H groups in total. The third kappa shape index (κ3) is 4.29. The molecular formula is C40H24N2. The first-order valence-corrected chi connectivity index (χ1v) is 13.9. The first-order valence-electron chi connectivity index (χ1n) is 13.9. The number of hydrogen-bond acceptors (Lipinski definition) is 2. The Morgan fingerprint density at radius 1 is 0.357 bits per heavy atom. The lowest BCUT2D eigenvalue weighted by molar-refractivity contribution is 1.50. The summed E-state index contributed by atoms with van der Waals surface area (Å²) in [6, 6.07) is 46.0. The fourth-order valence-corrected chi connectivity index (χ4v) is 5.94. The molecule has 0 unspecified atom stereocenters. The summed E-state index contributed by atoms with van der Waals surface area (Å²) in [4.78, 5) is 0. The normalized spacial score (nSPS) is 11.6. The number of hydrogen-bond donors (Lipinski definition) is 0. The van der Waals surface area contributed by atoms with E-state index in [0.717, 1.165) is 65.3 Å². The van der Waals surface area contributed by atoms with Gasteiger partial charge in [0.05, 0.1) is 11.1 Å². The molecule has 0 heterocycles. The zero-order chi connectivity index (χ0) is 28.5. The Morgan fingerprint density at radius 2 is 0.738 bits per heavy atom. The zero-order valence-corrected chi connectivity index (χ0v) is 22.8. The van der Waals surface area contributed by atoms with Crippen LogP contribution in [0, 0.1) is 22.7 Å². The summed E-state index contributed by atoms with van der Waals surface area (Å²) >= 11 is 0. The first kappa shape index (κ1) is 25.0. The smallest absolute Gasteiger partial charge is 0.100 e. The van der Waals surface area contributed by atoms with Crippen LogP contribution >= 0.6 is 0 Å². The molecule has 0 radical (unpaired) electrons. The molecule has 194 valence electrons. The van der Waals surface area contributed by atoms with Gasteiger partial charge in [-0.1, -0.05) is 133 Å². The number of benzene rings is 7. The van der Waals surface area contributed by atoms with Crippen molar-refractivity contribution in [1.29, 1.82) is 10.5 Å². The maximum absolute atomic E-state index is 10.5. The number of nitrogens with zero attached hydrogens (tertiary/aromatic N) is 2. The summed E-state index contributed by atoms with van der Waals surface area (Å²) in [7, 11) is 0. The van der Waals surface area contributed by atoms with Gasteiger partial charge in [-0.25, -0.2) is 0 Å². The average molecular weight is 533 g/mol. The topological polar surface area (TPSA) is 47.6 Å². The van der Waals surface area contributed by atoms with Crippen molar-refractivity contribution < 1.29 is 0 Å². The molecular weight excluding hydrogens is 508 g/mol. The van der Waals surface area contributed by atoms with E-state index in [2.05, 4.69) is 97.1 Å². The second-order valence-corrected chi connectivity index (χ2v) is 10.4. The van der Waals surface area contributed by atoms with Gasteiger partial charge in [0.2, 0.25) is 0 Å². The van der Waals surface area contributed by atoms with Gasteiger partial charge in [0.15, 0.2) is 0 Å². The Bertz CT molecular complexity index is 2130. The summed E-state index contributed by atoms with van der Waals surface area (Å²) in [5, 5.41) is 28.3. The van der Waals surface area contributed by atoms with Crippen LogP contribution in [0.3, 0.4) is 0 Å². The Morgan fingerprint density at radius 3 is 1.14 bits per heavy atom. The van der Waals surface area contributed by atoms with E-state index in [-0.39, 0.29) is 0 Å². The summed E-state index contributed by atoms with van der Waals surface area (Å²) in [6.07, 6.45) is 8.47. The van der Waals surface area contributed by atoms with E-state index in [9.17, 15) is 10.5 Å². The molecule has 0 fully saturated rings. The molecule has 0 spiro atoms. The molecule has 7 aromatic rings. The van der Waals surface area contributed by atoms with Crippen LogP contribution < -0.4 is 0 Å². The maximum Gasteiger partial charge on any atom is 0.100 e. The lowest BCUT2D eigenvalue weighted by Gasteiger charge is -2.16. The molecule has 2 nitrogen and oxygen atoms in total. The van der Waals surface area contributed by atoms with E-state index in [1.807, 2.05) is 60.7 Å². The molecule has 0 aliphatic carbocycles. The highest BCUT2D eigenvalue weighted by Gasteiger charge is 2.19. The minimum absolute atomic E-state index is 0.604. The van der Waals surface area contributed by atoms with Crippen LogP contribution in [0.1, 0.15) is 33.4 Å². The molecule has 0 amide bonds. The lowest BCUT2D eigenvalue weighted by atomic mass is 9.85. The third-order valence-corrected chi connectivity index (χ3v) is 7.89. The van der Waals surface area contributed by atoms with E-state index < -0.39 is 0 Å². The van der Waals surface area contributed by atoms with Gasteiger partial charge in [-0.15, -0.1) is 0 Å². The Labute approximate surface area is 244 Å². The molecule has 0 saturated carbocycles. The van der Waals surface area contributed by atoms with E-state index >= 15 is 0 Å². The van der Waals surface area contributed by atoms with Gasteiger partial charge in [-0.05, 0) is 55.9 Å². The first-order chi connectivity index (χ1) is 20.7. The SMILES string of the molecule is N#Cc1c2ccccc2c(C#N)c2c3ccc(C=Cc4ccccc4)cc3c3cc(C=Cc4ccccc4)ccc3c12. The van der Waals surface area contributed by atoms with Gasteiger partial charge in [-0.2, -0.15) is 10.5 Å². The summed E-state index contributed by atoms with van der Waals surface area (Å²) in [6.45, 7) is 0. The largest absolute Gasteiger partial charge is 0.192 e. The van der Waals surface area contributed by atoms with Gasteiger partial charge in [0, 0.05) is 21.5 Å². The maximum atomic E-state index is 10.5. The second-order valence-electron chi connectivity index (χ2n) is 10.4. The van der Waals surface area contributed by atoms with Crippen molar-refractivity contribution >= 4 is 67.4 Å². The third-order valence-electron chi connectivity index (χ3n) is 7.89. The molecule has 0 aromatic heterocycles. The quantitative estimate of drug-likeness (QED) is 0.129. The van der Waals surface area contributed by atoms with Crippen LogP contribution in [0.2, 0.25) is 0 Å². The Kier molecular flexibility index (Phi) is 6.29. The van der Waals surface area contributed by atoms with Gasteiger partial charge in [0.25, 0.3) is 0 Å². The molecule has 0 aliphatic heterocycles. The van der Waals surface area contributed by atoms with Gasteiger partial charge < -0.3 is 0 Å². The highest BCUT2D eigenvalue weighted by atomic mass is 14.3. The van der Waals surface area contributed by atoms with Gasteiger partial charge >= 0.3 is 0 Å². The minimum atomic E-state index is 0.604. The van der Waals surface area contributed by atoms with Crippen molar-refractivity contribution in [2.24, 2.45) is 0 Å². The zero-order valence-electron chi connectivity index (χ0n) is 22.8. The molecule has 7 rings (SSSR count). The monoisotopic (exact) mass is 532 g/mol. The Balaban J connectivity index is 1.57. The van der Waals surface area contributed by atoms with Crippen molar-refractivity contribution in [2.45, 2.75) is 0 Å². The Hall–Kier alpha value is -5.96. The predicted octanol–water partition coefficient (Wildman–Crippen LogP) is 10.4. The lowest BCUT2D eigenvalue weighted by Crippen LogP contribution is -1.94. The minimum Gasteiger partial charge on any atom is -0.192 e.